The summed E-state index contributed by atoms with van der Waals surface area (Å²) in [5.74, 6) is 1.68. The Morgan fingerprint density at radius 1 is 1.12 bits per heavy atom. The molecule has 98 valence electrons. The summed E-state index contributed by atoms with van der Waals surface area (Å²) in [5, 5.41) is 0. The van der Waals surface area contributed by atoms with Gasteiger partial charge in [-0.1, -0.05) is 27.7 Å². The maximum Gasteiger partial charge on any atom is 0.0109 e. The third-order valence-electron chi connectivity index (χ3n) is 2.57. The molecular formula is C13H30N2S. The number of nitrogens with zero attached hydrogens (tertiary/aromatic N) is 2. The van der Waals surface area contributed by atoms with E-state index in [2.05, 4.69) is 64.2 Å². The first-order valence-corrected chi connectivity index (χ1v) is 6.88. The Kier molecular flexibility index (Phi) is 7.70. The van der Waals surface area contributed by atoms with Crippen molar-refractivity contribution < 1.29 is 0 Å². The SMILES string of the molecule is CC(C)CN(CCN(C)C)CC(C)(C)CS. The van der Waals surface area contributed by atoms with E-state index in [1.807, 2.05) is 0 Å². The Morgan fingerprint density at radius 3 is 2.06 bits per heavy atom. The van der Waals surface area contributed by atoms with E-state index in [1.54, 1.807) is 0 Å². The molecular weight excluding hydrogens is 216 g/mol. The number of thiol groups is 1. The molecule has 0 unspecified atom stereocenters. The van der Waals surface area contributed by atoms with Gasteiger partial charge < -0.3 is 9.80 Å². The fraction of sp³-hybridized carbons (Fsp3) is 1.00. The van der Waals surface area contributed by atoms with Crippen LogP contribution in [0.1, 0.15) is 27.7 Å². The summed E-state index contributed by atoms with van der Waals surface area (Å²) < 4.78 is 0. The van der Waals surface area contributed by atoms with Crippen molar-refractivity contribution in [1.82, 2.24) is 9.80 Å². The van der Waals surface area contributed by atoms with Gasteiger partial charge in [-0.15, -0.1) is 0 Å². The van der Waals surface area contributed by atoms with Crippen LogP contribution >= 0.6 is 12.6 Å². The second kappa shape index (κ2) is 7.57. The Balaban J connectivity index is 4.20. The van der Waals surface area contributed by atoms with Crippen LogP contribution in [0.3, 0.4) is 0 Å². The van der Waals surface area contributed by atoms with E-state index in [-0.39, 0.29) is 0 Å². The quantitative estimate of drug-likeness (QED) is 0.657. The Hall–Kier alpha value is 0.270. The highest BCUT2D eigenvalue weighted by Gasteiger charge is 2.20. The van der Waals surface area contributed by atoms with Gasteiger partial charge in [0.25, 0.3) is 0 Å². The van der Waals surface area contributed by atoms with Crippen LogP contribution in [0.15, 0.2) is 0 Å². The predicted octanol–water partition coefficient (Wildman–Crippen LogP) is 2.46. The molecule has 16 heavy (non-hydrogen) atoms. The molecule has 0 bridgehead atoms. The highest BCUT2D eigenvalue weighted by molar-refractivity contribution is 7.80. The largest absolute Gasteiger partial charge is 0.308 e. The van der Waals surface area contributed by atoms with E-state index in [1.165, 1.54) is 6.54 Å². The molecule has 0 rings (SSSR count). The summed E-state index contributed by atoms with van der Waals surface area (Å²) >= 11 is 4.44. The fourth-order valence-corrected chi connectivity index (χ4v) is 1.85. The van der Waals surface area contributed by atoms with Gasteiger partial charge in [-0.05, 0) is 31.2 Å². The lowest BCUT2D eigenvalue weighted by atomic mass is 9.95. The monoisotopic (exact) mass is 246 g/mol. The van der Waals surface area contributed by atoms with E-state index in [9.17, 15) is 0 Å². The molecule has 0 aromatic carbocycles. The average Bonchev–Trinajstić information content (AvgIpc) is 2.13. The van der Waals surface area contributed by atoms with Crippen molar-refractivity contribution in [2.45, 2.75) is 27.7 Å². The van der Waals surface area contributed by atoms with Gasteiger partial charge >= 0.3 is 0 Å². The van der Waals surface area contributed by atoms with Gasteiger partial charge in [0.05, 0.1) is 0 Å². The van der Waals surface area contributed by atoms with Crippen molar-refractivity contribution in [1.29, 1.82) is 0 Å². The van der Waals surface area contributed by atoms with Gasteiger partial charge in [0.1, 0.15) is 0 Å². The van der Waals surface area contributed by atoms with Gasteiger partial charge in [-0.2, -0.15) is 12.6 Å². The van der Waals surface area contributed by atoms with Crippen LogP contribution in [0.25, 0.3) is 0 Å². The first kappa shape index (κ1) is 16.3. The van der Waals surface area contributed by atoms with Crippen LogP contribution < -0.4 is 0 Å². The van der Waals surface area contributed by atoms with E-state index >= 15 is 0 Å². The van der Waals surface area contributed by atoms with E-state index in [4.69, 9.17) is 0 Å². The topological polar surface area (TPSA) is 6.48 Å². The van der Waals surface area contributed by atoms with Gasteiger partial charge in [0.15, 0.2) is 0 Å². The Labute approximate surface area is 108 Å². The van der Waals surface area contributed by atoms with E-state index in [0.717, 1.165) is 31.3 Å². The standard InChI is InChI=1S/C13H30N2S/c1-12(2)9-15(8-7-14(5)6)10-13(3,4)11-16/h12,16H,7-11H2,1-6H3. The predicted molar refractivity (Wildman–Crippen MR) is 77.5 cm³/mol. The number of likely N-dealkylation sites (N-methyl/N-ethyl adjacent to an activating group) is 1. The highest BCUT2D eigenvalue weighted by atomic mass is 32.1. The molecule has 0 spiro atoms. The molecule has 0 aromatic heterocycles. The van der Waals surface area contributed by atoms with Crippen molar-refractivity contribution in [3.05, 3.63) is 0 Å². The molecule has 0 aliphatic carbocycles. The summed E-state index contributed by atoms with van der Waals surface area (Å²) in [6, 6.07) is 0. The molecule has 0 N–H and O–H groups in total. The summed E-state index contributed by atoms with van der Waals surface area (Å²) in [6.07, 6.45) is 0. The van der Waals surface area contributed by atoms with Gasteiger partial charge in [-0.3, -0.25) is 0 Å². The van der Waals surface area contributed by atoms with Gasteiger partial charge in [0.2, 0.25) is 0 Å². The molecule has 0 heterocycles. The maximum atomic E-state index is 4.44. The minimum atomic E-state index is 0.310. The van der Waals surface area contributed by atoms with Crippen molar-refractivity contribution in [3.63, 3.8) is 0 Å². The van der Waals surface area contributed by atoms with Gasteiger partial charge in [-0.25, -0.2) is 0 Å². The molecule has 0 radical (unpaired) electrons. The molecule has 0 aliphatic heterocycles. The molecule has 0 atom stereocenters. The lowest BCUT2D eigenvalue weighted by Gasteiger charge is -2.33. The average molecular weight is 246 g/mol. The molecule has 3 heteroatoms. The molecule has 0 amide bonds. The molecule has 0 aromatic rings. The van der Waals surface area contributed by atoms with Crippen LogP contribution in [0, 0.1) is 11.3 Å². The Bertz CT molecular complexity index is 179. The van der Waals surface area contributed by atoms with Crippen LogP contribution in [-0.2, 0) is 0 Å². The number of hydrogen-bond donors (Lipinski definition) is 1. The van der Waals surface area contributed by atoms with E-state index in [0.29, 0.717) is 5.41 Å². The minimum absolute atomic E-state index is 0.310. The smallest absolute Gasteiger partial charge is 0.0109 e. The third kappa shape index (κ3) is 8.43. The van der Waals surface area contributed by atoms with Gasteiger partial charge in [0, 0.05) is 26.2 Å². The second-order valence-corrected chi connectivity index (χ2v) is 6.57. The molecule has 0 fully saturated rings. The first-order chi connectivity index (χ1) is 7.26. The minimum Gasteiger partial charge on any atom is -0.308 e. The number of rotatable bonds is 8. The lowest BCUT2D eigenvalue weighted by molar-refractivity contribution is 0.163. The van der Waals surface area contributed by atoms with Crippen molar-refractivity contribution in [2.24, 2.45) is 11.3 Å². The van der Waals surface area contributed by atoms with E-state index < -0.39 is 0 Å². The lowest BCUT2D eigenvalue weighted by Crippen LogP contribution is -2.41. The van der Waals surface area contributed by atoms with Crippen molar-refractivity contribution in [3.8, 4) is 0 Å². The normalized spacial score (nSPS) is 13.1. The summed E-state index contributed by atoms with van der Waals surface area (Å²) in [6.45, 7) is 13.8. The van der Waals surface area contributed by atoms with Crippen LogP contribution in [0.4, 0.5) is 0 Å². The second-order valence-electron chi connectivity index (χ2n) is 6.25. The van der Waals surface area contributed by atoms with Crippen molar-refractivity contribution in [2.75, 3.05) is 46.0 Å². The zero-order chi connectivity index (χ0) is 12.8. The van der Waals surface area contributed by atoms with Crippen LogP contribution in [-0.4, -0.2) is 55.8 Å². The molecule has 2 nitrogen and oxygen atoms in total. The zero-order valence-corrected chi connectivity index (χ0v) is 12.8. The summed E-state index contributed by atoms with van der Waals surface area (Å²) in [5.41, 5.74) is 0.310. The first-order valence-electron chi connectivity index (χ1n) is 6.25. The highest BCUT2D eigenvalue weighted by Crippen LogP contribution is 2.19. The zero-order valence-electron chi connectivity index (χ0n) is 12.0. The fourth-order valence-electron chi connectivity index (χ4n) is 1.75. The third-order valence-corrected chi connectivity index (χ3v) is 3.42. The molecule has 0 saturated carbocycles. The maximum absolute atomic E-state index is 4.44. The number of hydrogen-bond acceptors (Lipinski definition) is 3. The van der Waals surface area contributed by atoms with Crippen molar-refractivity contribution >= 4 is 12.6 Å². The summed E-state index contributed by atoms with van der Waals surface area (Å²) in [4.78, 5) is 4.82. The molecule has 0 saturated heterocycles. The van der Waals surface area contributed by atoms with Crippen LogP contribution in [0.2, 0.25) is 0 Å². The van der Waals surface area contributed by atoms with Crippen LogP contribution in [0.5, 0.6) is 0 Å². The Morgan fingerprint density at radius 2 is 1.69 bits per heavy atom. The summed E-state index contributed by atoms with van der Waals surface area (Å²) in [7, 11) is 4.27. The molecule has 0 aliphatic rings.